The predicted octanol–water partition coefficient (Wildman–Crippen LogP) is 2.63. The molecule has 0 aliphatic carbocycles. The molecule has 0 saturated carbocycles. The fourth-order valence-corrected chi connectivity index (χ4v) is 3.74. The molecule has 1 aliphatic rings. The lowest BCUT2D eigenvalue weighted by molar-refractivity contribution is -0.120. The molecule has 0 spiro atoms. The van der Waals surface area contributed by atoms with E-state index < -0.39 is 5.41 Å². The van der Waals surface area contributed by atoms with Crippen LogP contribution in [-0.4, -0.2) is 29.4 Å². The molecule has 1 aromatic heterocycles. The number of amides is 1. The second-order valence-corrected chi connectivity index (χ2v) is 7.66. The van der Waals surface area contributed by atoms with Crippen molar-refractivity contribution in [2.75, 3.05) is 24.6 Å². The van der Waals surface area contributed by atoms with Gasteiger partial charge in [-0.1, -0.05) is 12.1 Å². The maximum atomic E-state index is 12.7. The molecule has 0 radical (unpaired) electrons. The Morgan fingerprint density at radius 2 is 2.04 bits per heavy atom. The molecule has 3 N–H and O–H groups in total. The van der Waals surface area contributed by atoms with Crippen LogP contribution < -0.4 is 11.1 Å². The Morgan fingerprint density at radius 3 is 2.74 bits per heavy atom. The van der Waals surface area contributed by atoms with E-state index in [1.54, 1.807) is 11.3 Å². The van der Waals surface area contributed by atoms with E-state index in [1.807, 2.05) is 38.1 Å². The van der Waals surface area contributed by atoms with Gasteiger partial charge < -0.3 is 16.0 Å². The standard InChI is InChI=1S/C17H22N4OS/c1-17(2,11-4-6-12(18)7-5-11)15(22)20-16-19-13-8-9-21(3)10-14(13)23-16/h4-7H,8-10,18H2,1-3H3,(H,19,20,22). The Labute approximate surface area is 140 Å². The molecule has 122 valence electrons. The van der Waals surface area contributed by atoms with E-state index in [4.69, 9.17) is 5.73 Å². The number of carbonyl (C=O) groups excluding carboxylic acids is 1. The van der Waals surface area contributed by atoms with Crippen LogP contribution in [0.2, 0.25) is 0 Å². The van der Waals surface area contributed by atoms with Crippen molar-refractivity contribution < 1.29 is 4.79 Å². The summed E-state index contributed by atoms with van der Waals surface area (Å²) in [6, 6.07) is 7.44. The third kappa shape index (κ3) is 3.23. The van der Waals surface area contributed by atoms with Crippen molar-refractivity contribution in [3.8, 4) is 0 Å². The van der Waals surface area contributed by atoms with Crippen LogP contribution >= 0.6 is 11.3 Å². The summed E-state index contributed by atoms with van der Waals surface area (Å²) in [4.78, 5) is 20.8. The number of nitrogens with two attached hydrogens (primary N) is 1. The Hall–Kier alpha value is -1.92. The van der Waals surface area contributed by atoms with Crippen molar-refractivity contribution >= 4 is 28.1 Å². The van der Waals surface area contributed by atoms with Gasteiger partial charge in [-0.2, -0.15) is 0 Å². The zero-order chi connectivity index (χ0) is 16.6. The van der Waals surface area contributed by atoms with Gasteiger partial charge in [0.25, 0.3) is 0 Å². The highest BCUT2D eigenvalue weighted by Gasteiger charge is 2.31. The normalized spacial score (nSPS) is 15.3. The molecule has 3 rings (SSSR count). The van der Waals surface area contributed by atoms with Crippen molar-refractivity contribution in [1.82, 2.24) is 9.88 Å². The number of hydrogen-bond acceptors (Lipinski definition) is 5. The lowest BCUT2D eigenvalue weighted by Gasteiger charge is -2.23. The summed E-state index contributed by atoms with van der Waals surface area (Å²) < 4.78 is 0. The molecule has 5 nitrogen and oxygen atoms in total. The summed E-state index contributed by atoms with van der Waals surface area (Å²) in [6.45, 7) is 5.75. The third-order valence-corrected chi connectivity index (χ3v) is 5.34. The Balaban J connectivity index is 1.77. The number of anilines is 2. The maximum Gasteiger partial charge on any atom is 0.236 e. The van der Waals surface area contributed by atoms with E-state index in [-0.39, 0.29) is 5.91 Å². The predicted molar refractivity (Wildman–Crippen MR) is 94.7 cm³/mol. The summed E-state index contributed by atoms with van der Waals surface area (Å²) in [6.07, 6.45) is 0.944. The summed E-state index contributed by atoms with van der Waals surface area (Å²) in [5.74, 6) is -0.0540. The first-order chi connectivity index (χ1) is 10.9. The van der Waals surface area contributed by atoms with Crippen molar-refractivity contribution in [2.24, 2.45) is 0 Å². The average Bonchev–Trinajstić information content (AvgIpc) is 2.89. The van der Waals surface area contributed by atoms with Crippen LogP contribution in [0, 0.1) is 0 Å². The monoisotopic (exact) mass is 330 g/mol. The van der Waals surface area contributed by atoms with Crippen LogP contribution in [-0.2, 0) is 23.2 Å². The van der Waals surface area contributed by atoms with Crippen molar-refractivity contribution in [1.29, 1.82) is 0 Å². The molecule has 1 amide bonds. The van der Waals surface area contributed by atoms with E-state index in [2.05, 4.69) is 22.2 Å². The highest BCUT2D eigenvalue weighted by atomic mass is 32.1. The second kappa shape index (κ2) is 5.94. The zero-order valence-corrected chi connectivity index (χ0v) is 14.5. The number of nitrogens with one attached hydrogen (secondary N) is 1. The first-order valence-corrected chi connectivity index (χ1v) is 8.52. The minimum absolute atomic E-state index is 0.0540. The van der Waals surface area contributed by atoms with Gasteiger partial charge in [0, 0.05) is 30.1 Å². The molecule has 2 heterocycles. The smallest absolute Gasteiger partial charge is 0.236 e. The van der Waals surface area contributed by atoms with E-state index in [0.29, 0.717) is 10.8 Å². The first-order valence-electron chi connectivity index (χ1n) is 7.71. The highest BCUT2D eigenvalue weighted by Crippen LogP contribution is 2.30. The number of nitrogens with zero attached hydrogens (tertiary/aromatic N) is 2. The molecule has 6 heteroatoms. The summed E-state index contributed by atoms with van der Waals surface area (Å²) >= 11 is 1.58. The highest BCUT2D eigenvalue weighted by molar-refractivity contribution is 7.15. The minimum Gasteiger partial charge on any atom is -0.399 e. The van der Waals surface area contributed by atoms with Crippen LogP contribution in [0.1, 0.15) is 30.0 Å². The third-order valence-electron chi connectivity index (χ3n) is 4.34. The number of likely N-dealkylation sites (N-methyl/N-ethyl adjacent to an activating group) is 1. The number of thiazole rings is 1. The van der Waals surface area contributed by atoms with Crippen LogP contribution in [0.25, 0.3) is 0 Å². The average molecular weight is 330 g/mol. The Morgan fingerprint density at radius 1 is 1.35 bits per heavy atom. The van der Waals surface area contributed by atoms with Gasteiger partial charge in [-0.25, -0.2) is 4.98 Å². The van der Waals surface area contributed by atoms with Crippen LogP contribution in [0.3, 0.4) is 0 Å². The van der Waals surface area contributed by atoms with Gasteiger partial charge in [0.05, 0.1) is 11.1 Å². The van der Waals surface area contributed by atoms with Crippen LogP contribution in [0.15, 0.2) is 24.3 Å². The minimum atomic E-state index is -0.642. The lowest BCUT2D eigenvalue weighted by Crippen LogP contribution is -2.34. The molecule has 1 aromatic carbocycles. The molecule has 0 atom stereocenters. The molecule has 0 fully saturated rings. The number of carbonyl (C=O) groups is 1. The Bertz CT molecular complexity index is 721. The molecule has 1 aliphatic heterocycles. The van der Waals surface area contributed by atoms with Gasteiger partial charge in [-0.15, -0.1) is 11.3 Å². The summed E-state index contributed by atoms with van der Waals surface area (Å²) in [7, 11) is 2.10. The number of nitrogen functional groups attached to an aromatic ring is 1. The zero-order valence-electron chi connectivity index (χ0n) is 13.7. The van der Waals surface area contributed by atoms with Crippen molar-refractivity contribution in [2.45, 2.75) is 32.2 Å². The number of aromatic nitrogens is 1. The fraction of sp³-hybridized carbons (Fsp3) is 0.412. The molecule has 0 unspecified atom stereocenters. The van der Waals surface area contributed by atoms with E-state index in [1.165, 1.54) is 4.88 Å². The van der Waals surface area contributed by atoms with Gasteiger partial charge >= 0.3 is 0 Å². The van der Waals surface area contributed by atoms with Gasteiger partial charge in [-0.05, 0) is 38.6 Å². The fourth-order valence-electron chi connectivity index (χ4n) is 2.66. The van der Waals surface area contributed by atoms with E-state index in [9.17, 15) is 4.79 Å². The maximum absolute atomic E-state index is 12.7. The van der Waals surface area contributed by atoms with E-state index in [0.717, 1.165) is 30.8 Å². The number of hydrogen-bond donors (Lipinski definition) is 2. The van der Waals surface area contributed by atoms with Crippen molar-refractivity contribution in [3.05, 3.63) is 40.4 Å². The van der Waals surface area contributed by atoms with Crippen LogP contribution in [0.4, 0.5) is 10.8 Å². The summed E-state index contributed by atoms with van der Waals surface area (Å²) in [5, 5.41) is 3.68. The second-order valence-electron chi connectivity index (χ2n) is 6.58. The largest absolute Gasteiger partial charge is 0.399 e. The van der Waals surface area contributed by atoms with Gasteiger partial charge in [0.2, 0.25) is 5.91 Å². The molecule has 23 heavy (non-hydrogen) atoms. The molecule has 2 aromatic rings. The topological polar surface area (TPSA) is 71.2 Å². The number of benzene rings is 1. The molecular weight excluding hydrogens is 308 g/mol. The molecular formula is C17H22N4OS. The quantitative estimate of drug-likeness (QED) is 0.849. The first kappa shape index (κ1) is 16.0. The number of fused-ring (bicyclic) bond motifs is 1. The van der Waals surface area contributed by atoms with Crippen LogP contribution in [0.5, 0.6) is 0 Å². The molecule has 0 bridgehead atoms. The van der Waals surface area contributed by atoms with Gasteiger partial charge in [0.15, 0.2) is 5.13 Å². The number of rotatable bonds is 3. The summed E-state index contributed by atoms with van der Waals surface area (Å²) in [5.41, 5.74) is 7.83. The van der Waals surface area contributed by atoms with Gasteiger partial charge in [-0.3, -0.25) is 4.79 Å². The van der Waals surface area contributed by atoms with Gasteiger partial charge in [0.1, 0.15) is 0 Å². The SMILES string of the molecule is CN1CCc2nc(NC(=O)C(C)(C)c3ccc(N)cc3)sc2C1. The van der Waals surface area contributed by atoms with Crippen molar-refractivity contribution in [3.63, 3.8) is 0 Å². The lowest BCUT2D eigenvalue weighted by atomic mass is 9.83. The molecule has 0 saturated heterocycles. The van der Waals surface area contributed by atoms with E-state index >= 15 is 0 Å². The Kier molecular flexibility index (Phi) is 4.12.